The Balaban J connectivity index is 2.21. The van der Waals surface area contributed by atoms with Gasteiger partial charge in [0.05, 0.1) is 10.5 Å². The van der Waals surface area contributed by atoms with Crippen LogP contribution in [0.25, 0.3) is 0 Å². The van der Waals surface area contributed by atoms with E-state index in [1.807, 2.05) is 25.1 Å². The fraction of sp³-hybridized carbons (Fsp3) is 0.500. The molecule has 1 aromatic rings. The highest BCUT2D eigenvalue weighted by atomic mass is 79.9. The summed E-state index contributed by atoms with van der Waals surface area (Å²) in [7, 11) is 0. The van der Waals surface area contributed by atoms with Crippen LogP contribution in [-0.4, -0.2) is 16.4 Å². The lowest BCUT2D eigenvalue weighted by Gasteiger charge is -2.39. The third-order valence-corrected chi connectivity index (χ3v) is 5.11. The molecule has 0 aliphatic heterocycles. The lowest BCUT2D eigenvalue weighted by atomic mass is 9.77. The molecule has 0 bridgehead atoms. The first-order chi connectivity index (χ1) is 9.82. The van der Waals surface area contributed by atoms with Gasteiger partial charge in [-0.1, -0.05) is 35.1 Å². The minimum absolute atomic E-state index is 0.109. The fourth-order valence-electron chi connectivity index (χ4n) is 2.84. The van der Waals surface area contributed by atoms with Gasteiger partial charge in [0.15, 0.2) is 0 Å². The van der Waals surface area contributed by atoms with Crippen molar-refractivity contribution in [2.75, 3.05) is 0 Å². The molecule has 1 amide bonds. The molecule has 3 N–H and O–H groups in total. The van der Waals surface area contributed by atoms with Gasteiger partial charge in [-0.15, -0.1) is 0 Å². The molecular formula is C16H21BrN2OS. The van der Waals surface area contributed by atoms with E-state index in [4.69, 9.17) is 18.0 Å². The zero-order valence-electron chi connectivity index (χ0n) is 12.4. The van der Waals surface area contributed by atoms with Crippen molar-refractivity contribution < 1.29 is 4.79 Å². The molecular weight excluding hydrogens is 348 g/mol. The van der Waals surface area contributed by atoms with Crippen LogP contribution < -0.4 is 11.1 Å². The van der Waals surface area contributed by atoms with E-state index in [9.17, 15) is 4.79 Å². The molecule has 3 nitrogen and oxygen atoms in total. The van der Waals surface area contributed by atoms with E-state index in [1.165, 1.54) is 0 Å². The van der Waals surface area contributed by atoms with Gasteiger partial charge in [0.2, 0.25) is 0 Å². The van der Waals surface area contributed by atoms with Crippen molar-refractivity contribution in [3.05, 3.63) is 33.8 Å². The summed E-state index contributed by atoms with van der Waals surface area (Å²) in [5.41, 5.74) is 7.08. The van der Waals surface area contributed by atoms with E-state index < -0.39 is 5.54 Å². The highest BCUT2D eigenvalue weighted by Gasteiger charge is 2.38. The molecule has 0 unspecified atom stereocenters. The number of thiocarbonyl (C=S) groups is 1. The Hall–Kier alpha value is -0.940. The number of halogens is 1. The number of nitrogens with one attached hydrogen (secondary N) is 1. The minimum atomic E-state index is -0.533. The van der Waals surface area contributed by atoms with Gasteiger partial charge in [-0.3, -0.25) is 4.79 Å². The normalized spacial score (nSPS) is 25.4. The smallest absolute Gasteiger partial charge is 0.252 e. The summed E-state index contributed by atoms with van der Waals surface area (Å²) in [4.78, 5) is 13.0. The zero-order valence-corrected chi connectivity index (χ0v) is 14.8. The zero-order chi connectivity index (χ0) is 15.6. The van der Waals surface area contributed by atoms with Crippen LogP contribution in [0.1, 0.15) is 48.5 Å². The summed E-state index contributed by atoms with van der Waals surface area (Å²) in [5, 5.41) is 3.10. The molecule has 1 fully saturated rings. The van der Waals surface area contributed by atoms with Gasteiger partial charge in [-0.05, 0) is 62.3 Å². The molecule has 1 saturated carbocycles. The molecule has 21 heavy (non-hydrogen) atoms. The van der Waals surface area contributed by atoms with Crippen molar-refractivity contribution in [1.29, 1.82) is 0 Å². The van der Waals surface area contributed by atoms with E-state index in [2.05, 4.69) is 28.2 Å². The topological polar surface area (TPSA) is 55.1 Å². The quantitative estimate of drug-likeness (QED) is 0.799. The first-order valence-electron chi connectivity index (χ1n) is 7.22. The Morgan fingerprint density at radius 3 is 2.52 bits per heavy atom. The van der Waals surface area contributed by atoms with Crippen LogP contribution in [0, 0.1) is 12.8 Å². The minimum Gasteiger partial charge on any atom is -0.391 e. The maximum absolute atomic E-state index is 12.6. The van der Waals surface area contributed by atoms with Gasteiger partial charge in [0.25, 0.3) is 5.91 Å². The number of aryl methyl sites for hydroxylation is 1. The van der Waals surface area contributed by atoms with Crippen LogP contribution >= 0.6 is 28.1 Å². The van der Waals surface area contributed by atoms with E-state index >= 15 is 0 Å². The predicted molar refractivity (Wildman–Crippen MR) is 93.5 cm³/mol. The average molecular weight is 369 g/mol. The second kappa shape index (κ2) is 6.44. The Morgan fingerprint density at radius 2 is 2.00 bits per heavy atom. The lowest BCUT2D eigenvalue weighted by molar-refractivity contribution is 0.0900. The highest BCUT2D eigenvalue weighted by molar-refractivity contribution is 9.10. The summed E-state index contributed by atoms with van der Waals surface area (Å²) in [5.74, 6) is 0.555. The van der Waals surface area contributed by atoms with E-state index in [0.717, 1.165) is 35.7 Å². The molecule has 0 saturated heterocycles. The van der Waals surface area contributed by atoms with Crippen LogP contribution in [-0.2, 0) is 0 Å². The molecule has 5 heteroatoms. The van der Waals surface area contributed by atoms with Crippen LogP contribution in [0.15, 0.2) is 22.7 Å². The SMILES string of the molecule is Cc1cc(Br)cc(C(=O)NC2(C(N)=S)CCC(C)CC2)c1. The summed E-state index contributed by atoms with van der Waals surface area (Å²) in [6.45, 7) is 4.19. The van der Waals surface area contributed by atoms with Gasteiger partial charge < -0.3 is 11.1 Å². The average Bonchev–Trinajstić information content (AvgIpc) is 2.40. The molecule has 1 aromatic carbocycles. The second-order valence-corrected chi connectivity index (χ2v) is 7.46. The van der Waals surface area contributed by atoms with E-state index in [-0.39, 0.29) is 5.91 Å². The van der Waals surface area contributed by atoms with E-state index in [0.29, 0.717) is 16.5 Å². The van der Waals surface area contributed by atoms with Crippen LogP contribution in [0.5, 0.6) is 0 Å². The highest BCUT2D eigenvalue weighted by Crippen LogP contribution is 2.32. The second-order valence-electron chi connectivity index (χ2n) is 6.10. The Bertz CT molecular complexity index is 545. The molecule has 0 radical (unpaired) electrons. The summed E-state index contributed by atoms with van der Waals surface area (Å²) in [6.07, 6.45) is 3.72. The summed E-state index contributed by atoms with van der Waals surface area (Å²) < 4.78 is 0.897. The van der Waals surface area contributed by atoms with Crippen LogP contribution in [0.2, 0.25) is 0 Å². The van der Waals surface area contributed by atoms with Crippen molar-refractivity contribution in [2.45, 2.75) is 45.1 Å². The first kappa shape index (κ1) is 16.4. The Morgan fingerprint density at radius 1 is 1.38 bits per heavy atom. The van der Waals surface area contributed by atoms with Crippen molar-refractivity contribution >= 4 is 39.0 Å². The van der Waals surface area contributed by atoms with Gasteiger partial charge in [0.1, 0.15) is 0 Å². The standard InChI is InChI=1S/C16H21BrN2OS/c1-10-3-5-16(6-4-10,15(18)21)19-14(20)12-7-11(2)8-13(17)9-12/h7-10H,3-6H2,1-2H3,(H2,18,21)(H,19,20). The number of hydrogen-bond donors (Lipinski definition) is 2. The lowest BCUT2D eigenvalue weighted by Crippen LogP contribution is -2.58. The molecule has 0 heterocycles. The van der Waals surface area contributed by atoms with Crippen LogP contribution in [0.3, 0.4) is 0 Å². The van der Waals surface area contributed by atoms with Crippen LogP contribution in [0.4, 0.5) is 0 Å². The third-order valence-electron chi connectivity index (χ3n) is 4.26. The maximum Gasteiger partial charge on any atom is 0.252 e. The molecule has 114 valence electrons. The number of hydrogen-bond acceptors (Lipinski definition) is 2. The Kier molecular flexibility index (Phi) is 5.04. The van der Waals surface area contributed by atoms with Crippen molar-refractivity contribution in [3.63, 3.8) is 0 Å². The van der Waals surface area contributed by atoms with E-state index in [1.54, 1.807) is 0 Å². The van der Waals surface area contributed by atoms with Gasteiger partial charge in [0, 0.05) is 10.0 Å². The maximum atomic E-state index is 12.6. The monoisotopic (exact) mass is 368 g/mol. The first-order valence-corrected chi connectivity index (χ1v) is 8.42. The predicted octanol–water partition coefficient (Wildman–Crippen LogP) is 3.72. The van der Waals surface area contributed by atoms with Crippen molar-refractivity contribution in [1.82, 2.24) is 5.32 Å². The molecule has 1 aliphatic carbocycles. The van der Waals surface area contributed by atoms with Gasteiger partial charge in [-0.2, -0.15) is 0 Å². The fourth-order valence-corrected chi connectivity index (χ4v) is 3.71. The number of carbonyl (C=O) groups is 1. The number of amides is 1. The summed E-state index contributed by atoms with van der Waals surface area (Å²) in [6, 6.07) is 5.67. The van der Waals surface area contributed by atoms with Gasteiger partial charge in [-0.25, -0.2) is 0 Å². The molecule has 2 rings (SSSR count). The molecule has 1 aliphatic rings. The number of rotatable bonds is 3. The number of carbonyl (C=O) groups excluding carboxylic acids is 1. The third kappa shape index (κ3) is 3.83. The Labute approximate surface area is 139 Å². The number of nitrogens with two attached hydrogens (primary N) is 1. The van der Waals surface area contributed by atoms with Crippen molar-refractivity contribution in [3.8, 4) is 0 Å². The van der Waals surface area contributed by atoms with Crippen molar-refractivity contribution in [2.24, 2.45) is 11.7 Å². The molecule has 0 aromatic heterocycles. The largest absolute Gasteiger partial charge is 0.391 e. The molecule has 0 atom stereocenters. The van der Waals surface area contributed by atoms with Gasteiger partial charge >= 0.3 is 0 Å². The summed E-state index contributed by atoms with van der Waals surface area (Å²) >= 11 is 8.67. The number of benzene rings is 1. The molecule has 0 spiro atoms.